The average Bonchev–Trinajstić information content (AvgIpc) is 3.43. The Morgan fingerprint density at radius 2 is 2.00 bits per heavy atom. The van der Waals surface area contributed by atoms with Crippen molar-refractivity contribution in [3.05, 3.63) is 65.4 Å². The molecule has 9 heteroatoms. The molecule has 8 nitrogen and oxygen atoms in total. The summed E-state index contributed by atoms with van der Waals surface area (Å²) in [6.45, 7) is 3.59. The molecule has 0 unspecified atom stereocenters. The summed E-state index contributed by atoms with van der Waals surface area (Å²) in [7, 11) is 0. The van der Waals surface area contributed by atoms with E-state index in [1.54, 1.807) is 19.1 Å². The zero-order valence-corrected chi connectivity index (χ0v) is 16.3. The Morgan fingerprint density at radius 1 is 1.17 bits per heavy atom. The highest BCUT2D eigenvalue weighted by molar-refractivity contribution is 6.01. The highest BCUT2D eigenvalue weighted by Gasteiger charge is 2.41. The largest absolute Gasteiger partial charge is 0.469 e. The number of carbonyl (C=O) groups is 2. The number of carbonyl (C=O) groups excluding carboxylic acids is 2. The molecule has 0 bridgehead atoms. The summed E-state index contributed by atoms with van der Waals surface area (Å²) in [5, 5.41) is 10.9. The molecule has 2 aliphatic heterocycles. The third kappa shape index (κ3) is 3.16. The topological polar surface area (TPSA) is 93.3 Å². The van der Waals surface area contributed by atoms with Crippen molar-refractivity contribution in [2.45, 2.75) is 19.9 Å². The van der Waals surface area contributed by atoms with E-state index in [2.05, 4.69) is 15.5 Å². The Kier molecular flexibility index (Phi) is 4.38. The van der Waals surface area contributed by atoms with E-state index < -0.39 is 11.7 Å². The van der Waals surface area contributed by atoms with Crippen LogP contribution in [0.5, 0.6) is 0 Å². The number of halogens is 1. The van der Waals surface area contributed by atoms with Gasteiger partial charge in [-0.25, -0.2) is 4.39 Å². The molecule has 0 saturated carbocycles. The van der Waals surface area contributed by atoms with Gasteiger partial charge in [-0.15, -0.1) is 10.2 Å². The van der Waals surface area contributed by atoms with Crippen molar-refractivity contribution in [1.82, 2.24) is 19.7 Å². The maximum atomic E-state index is 13.4. The normalized spacial score (nSPS) is 20.0. The van der Waals surface area contributed by atoms with Gasteiger partial charge in [0.05, 0.1) is 11.8 Å². The monoisotopic (exact) mass is 409 g/mol. The number of aromatic nitrogens is 3. The Morgan fingerprint density at radius 3 is 2.77 bits per heavy atom. The summed E-state index contributed by atoms with van der Waals surface area (Å²) < 4.78 is 20.5. The summed E-state index contributed by atoms with van der Waals surface area (Å²) in [5.41, 5.74) is 0.947. The van der Waals surface area contributed by atoms with Gasteiger partial charge in [-0.3, -0.25) is 9.59 Å². The first-order valence-electron chi connectivity index (χ1n) is 9.82. The molecule has 2 atom stereocenters. The highest BCUT2D eigenvalue weighted by atomic mass is 19.1. The lowest BCUT2D eigenvalue weighted by Gasteiger charge is -2.25. The number of anilines is 1. The smallest absolute Gasteiger partial charge is 0.293 e. The third-order valence-corrected chi connectivity index (χ3v) is 5.93. The van der Waals surface area contributed by atoms with E-state index in [0.29, 0.717) is 43.1 Å². The molecular formula is C21H20FN5O3. The highest BCUT2D eigenvalue weighted by Crippen LogP contribution is 2.33. The van der Waals surface area contributed by atoms with Gasteiger partial charge in [0, 0.05) is 31.7 Å². The predicted octanol–water partition coefficient (Wildman–Crippen LogP) is 2.52. The number of nitrogens with one attached hydrogen (secondary N) is 1. The van der Waals surface area contributed by atoms with E-state index in [1.807, 2.05) is 9.47 Å². The van der Waals surface area contributed by atoms with Gasteiger partial charge in [0.25, 0.3) is 11.8 Å². The number of aryl methyl sites for hydroxylation is 1. The van der Waals surface area contributed by atoms with Crippen LogP contribution in [0, 0.1) is 24.6 Å². The van der Waals surface area contributed by atoms with E-state index in [0.717, 1.165) is 5.82 Å². The maximum Gasteiger partial charge on any atom is 0.293 e. The first kappa shape index (κ1) is 18.5. The Bertz CT molecular complexity index is 1140. The number of nitrogens with zero attached hydrogens (tertiary/aromatic N) is 4. The SMILES string of the molecule is Cc1occc1C(=O)N1C[C@@H]2Cc3nnc(C(=O)Nc4cccc(F)c4)n3C[C@@H]2C1. The number of benzene rings is 1. The lowest BCUT2D eigenvalue weighted by Crippen LogP contribution is -2.31. The second-order valence-corrected chi connectivity index (χ2v) is 7.84. The van der Waals surface area contributed by atoms with Crippen molar-refractivity contribution in [3.63, 3.8) is 0 Å². The molecule has 2 aromatic heterocycles. The van der Waals surface area contributed by atoms with E-state index in [9.17, 15) is 14.0 Å². The molecule has 0 aliphatic carbocycles. The second-order valence-electron chi connectivity index (χ2n) is 7.84. The van der Waals surface area contributed by atoms with E-state index in [-0.39, 0.29) is 23.6 Å². The Labute approximate surface area is 171 Å². The van der Waals surface area contributed by atoms with Crippen LogP contribution in [-0.2, 0) is 13.0 Å². The quantitative estimate of drug-likeness (QED) is 0.718. The summed E-state index contributed by atoms with van der Waals surface area (Å²) in [4.78, 5) is 27.4. The van der Waals surface area contributed by atoms with Crippen LogP contribution >= 0.6 is 0 Å². The van der Waals surface area contributed by atoms with Crippen LogP contribution in [0.25, 0.3) is 0 Å². The van der Waals surface area contributed by atoms with Crippen molar-refractivity contribution >= 4 is 17.5 Å². The summed E-state index contributed by atoms with van der Waals surface area (Å²) in [6.07, 6.45) is 2.18. The lowest BCUT2D eigenvalue weighted by molar-refractivity contribution is 0.0781. The standard InChI is InChI=1S/C21H20FN5O3/c1-12-17(5-6-30-12)21(29)26-9-13-7-18-24-25-19(27(18)11-14(13)10-26)20(28)23-16-4-2-3-15(22)8-16/h2-6,8,13-14H,7,9-11H2,1H3,(H,23,28)/t13-,14-/m0/s1. The molecule has 0 radical (unpaired) electrons. The molecule has 1 saturated heterocycles. The average molecular weight is 409 g/mol. The van der Waals surface area contributed by atoms with Gasteiger partial charge in [-0.05, 0) is 43.0 Å². The van der Waals surface area contributed by atoms with Gasteiger partial charge in [-0.1, -0.05) is 6.07 Å². The number of likely N-dealkylation sites (tertiary alicyclic amines) is 1. The van der Waals surface area contributed by atoms with E-state index in [4.69, 9.17) is 4.42 Å². The lowest BCUT2D eigenvalue weighted by atomic mass is 9.89. The minimum Gasteiger partial charge on any atom is -0.469 e. The van der Waals surface area contributed by atoms with Gasteiger partial charge in [-0.2, -0.15) is 0 Å². The van der Waals surface area contributed by atoms with Crippen molar-refractivity contribution in [1.29, 1.82) is 0 Å². The molecule has 1 N–H and O–H groups in total. The third-order valence-electron chi connectivity index (χ3n) is 5.93. The fraction of sp³-hybridized carbons (Fsp3) is 0.333. The Hall–Kier alpha value is -3.49. The summed E-state index contributed by atoms with van der Waals surface area (Å²) in [6, 6.07) is 7.40. The molecule has 2 amide bonds. The van der Waals surface area contributed by atoms with Gasteiger partial charge in [0.1, 0.15) is 17.4 Å². The van der Waals surface area contributed by atoms with Crippen LogP contribution in [-0.4, -0.2) is 44.6 Å². The van der Waals surface area contributed by atoms with E-state index >= 15 is 0 Å². The van der Waals surface area contributed by atoms with Crippen LogP contribution in [0.1, 0.15) is 32.6 Å². The molecule has 154 valence electrons. The fourth-order valence-corrected chi connectivity index (χ4v) is 4.39. The number of rotatable bonds is 3. The molecule has 1 fully saturated rings. The molecule has 2 aliphatic rings. The fourth-order valence-electron chi connectivity index (χ4n) is 4.39. The van der Waals surface area contributed by atoms with Crippen molar-refractivity contribution < 1.29 is 18.4 Å². The van der Waals surface area contributed by atoms with Crippen LogP contribution in [0.3, 0.4) is 0 Å². The number of hydrogen-bond acceptors (Lipinski definition) is 5. The molecule has 0 spiro atoms. The minimum absolute atomic E-state index is 0.0320. The summed E-state index contributed by atoms with van der Waals surface area (Å²) in [5.74, 6) is 1.14. The first-order chi connectivity index (χ1) is 14.5. The molecule has 3 aromatic rings. The van der Waals surface area contributed by atoms with Crippen molar-refractivity contribution in [2.75, 3.05) is 18.4 Å². The molecular weight excluding hydrogens is 389 g/mol. The molecule has 5 rings (SSSR count). The zero-order valence-electron chi connectivity index (χ0n) is 16.3. The maximum absolute atomic E-state index is 13.4. The molecule has 30 heavy (non-hydrogen) atoms. The number of fused-ring (bicyclic) bond motifs is 2. The number of furan rings is 1. The number of hydrogen-bond donors (Lipinski definition) is 1. The number of amides is 2. The van der Waals surface area contributed by atoms with Crippen LogP contribution in [0.2, 0.25) is 0 Å². The first-order valence-corrected chi connectivity index (χ1v) is 9.82. The molecule has 1 aromatic carbocycles. The minimum atomic E-state index is -0.433. The Balaban J connectivity index is 1.32. The van der Waals surface area contributed by atoms with Gasteiger partial charge >= 0.3 is 0 Å². The van der Waals surface area contributed by atoms with Crippen molar-refractivity contribution in [3.8, 4) is 0 Å². The van der Waals surface area contributed by atoms with Gasteiger partial charge in [0.2, 0.25) is 5.82 Å². The van der Waals surface area contributed by atoms with Crippen LogP contribution in [0.4, 0.5) is 10.1 Å². The predicted molar refractivity (Wildman–Crippen MR) is 104 cm³/mol. The van der Waals surface area contributed by atoms with E-state index in [1.165, 1.54) is 24.5 Å². The van der Waals surface area contributed by atoms with Gasteiger partial charge in [0.15, 0.2) is 0 Å². The van der Waals surface area contributed by atoms with Crippen LogP contribution in [0.15, 0.2) is 41.0 Å². The second kappa shape index (κ2) is 7.08. The van der Waals surface area contributed by atoms with Crippen molar-refractivity contribution in [2.24, 2.45) is 11.8 Å². The summed E-state index contributed by atoms with van der Waals surface area (Å²) >= 11 is 0. The molecule has 4 heterocycles. The van der Waals surface area contributed by atoms with Gasteiger partial charge < -0.3 is 19.2 Å². The zero-order chi connectivity index (χ0) is 20.8. The van der Waals surface area contributed by atoms with Crippen LogP contribution < -0.4 is 5.32 Å².